The molecule has 1 aromatic rings. The molecular weight excluding hydrogens is 170 g/mol. The summed E-state index contributed by atoms with van der Waals surface area (Å²) in [5, 5.41) is 10.6. The van der Waals surface area contributed by atoms with E-state index in [0.717, 1.165) is 0 Å². The smallest absolute Gasteiger partial charge is 0.297 e. The third-order valence-electron chi connectivity index (χ3n) is 2.02. The van der Waals surface area contributed by atoms with Gasteiger partial charge in [0.1, 0.15) is 5.69 Å². The highest BCUT2D eigenvalue weighted by Crippen LogP contribution is 2.32. The van der Waals surface area contributed by atoms with E-state index in [1.807, 2.05) is 0 Å². The number of nitro benzene ring substituents is 1. The van der Waals surface area contributed by atoms with Crippen molar-refractivity contribution in [3.63, 3.8) is 0 Å². The van der Waals surface area contributed by atoms with Gasteiger partial charge in [-0.15, -0.1) is 0 Å². The molecule has 0 bridgehead atoms. The number of hydrogen-bond acceptors (Lipinski definition) is 4. The van der Waals surface area contributed by atoms with Crippen molar-refractivity contribution in [3.05, 3.63) is 27.3 Å². The van der Waals surface area contributed by atoms with Gasteiger partial charge in [0.2, 0.25) is 0 Å². The minimum Gasteiger partial charge on any atom is -0.398 e. The molecule has 0 saturated carbocycles. The van der Waals surface area contributed by atoms with Crippen molar-refractivity contribution in [2.45, 2.75) is 13.8 Å². The van der Waals surface area contributed by atoms with Gasteiger partial charge >= 0.3 is 0 Å². The first kappa shape index (κ1) is 9.31. The van der Waals surface area contributed by atoms with E-state index in [1.54, 1.807) is 19.9 Å². The lowest BCUT2D eigenvalue weighted by atomic mass is 10.1. The zero-order valence-electron chi connectivity index (χ0n) is 7.50. The van der Waals surface area contributed by atoms with Gasteiger partial charge in [0.25, 0.3) is 5.69 Å². The van der Waals surface area contributed by atoms with Crippen LogP contribution in [-0.2, 0) is 0 Å². The maximum atomic E-state index is 10.6. The highest BCUT2D eigenvalue weighted by molar-refractivity contribution is 5.73. The van der Waals surface area contributed by atoms with Crippen molar-refractivity contribution in [2.24, 2.45) is 0 Å². The predicted octanol–water partition coefficient (Wildman–Crippen LogP) is 1.38. The van der Waals surface area contributed by atoms with Gasteiger partial charge in [0, 0.05) is 5.69 Å². The molecule has 1 rings (SSSR count). The molecule has 0 aliphatic rings. The fourth-order valence-electron chi connectivity index (χ4n) is 1.18. The molecule has 13 heavy (non-hydrogen) atoms. The minimum absolute atomic E-state index is 0.0856. The summed E-state index contributed by atoms with van der Waals surface area (Å²) >= 11 is 0. The van der Waals surface area contributed by atoms with E-state index >= 15 is 0 Å². The number of anilines is 2. The summed E-state index contributed by atoms with van der Waals surface area (Å²) in [7, 11) is 0. The third kappa shape index (κ3) is 1.40. The first-order valence-corrected chi connectivity index (χ1v) is 3.74. The van der Waals surface area contributed by atoms with Crippen LogP contribution >= 0.6 is 0 Å². The maximum absolute atomic E-state index is 10.6. The lowest BCUT2D eigenvalue weighted by Crippen LogP contribution is -2.03. The second-order valence-corrected chi connectivity index (χ2v) is 2.93. The average molecular weight is 181 g/mol. The summed E-state index contributed by atoms with van der Waals surface area (Å²) in [6, 6.07) is 1.64. The van der Waals surface area contributed by atoms with Crippen molar-refractivity contribution >= 4 is 17.1 Å². The van der Waals surface area contributed by atoms with Gasteiger partial charge in [0.15, 0.2) is 0 Å². The van der Waals surface area contributed by atoms with Gasteiger partial charge in [-0.1, -0.05) is 0 Å². The molecule has 70 valence electrons. The number of benzene rings is 1. The molecule has 0 aromatic heterocycles. The van der Waals surface area contributed by atoms with Crippen LogP contribution in [0.25, 0.3) is 0 Å². The summed E-state index contributed by atoms with van der Waals surface area (Å²) < 4.78 is 0. The van der Waals surface area contributed by atoms with Gasteiger partial charge in [-0.25, -0.2) is 0 Å². The summed E-state index contributed by atoms with van der Waals surface area (Å²) in [4.78, 5) is 10.1. The van der Waals surface area contributed by atoms with Gasteiger partial charge < -0.3 is 11.5 Å². The number of nitrogens with zero attached hydrogens (tertiary/aromatic N) is 1. The van der Waals surface area contributed by atoms with Gasteiger partial charge in [0.05, 0.1) is 10.5 Å². The number of nitrogen functional groups attached to an aromatic ring is 2. The molecule has 0 spiro atoms. The zero-order chi connectivity index (χ0) is 10.2. The van der Waals surface area contributed by atoms with E-state index in [0.29, 0.717) is 16.8 Å². The highest BCUT2D eigenvalue weighted by atomic mass is 16.6. The number of nitrogens with two attached hydrogens (primary N) is 2. The lowest BCUT2D eigenvalue weighted by Gasteiger charge is -2.06. The van der Waals surface area contributed by atoms with E-state index in [1.165, 1.54) is 0 Å². The van der Waals surface area contributed by atoms with Crippen LogP contribution in [0, 0.1) is 24.0 Å². The van der Waals surface area contributed by atoms with Crippen molar-refractivity contribution in [1.29, 1.82) is 0 Å². The van der Waals surface area contributed by atoms with Crippen LogP contribution in [-0.4, -0.2) is 4.92 Å². The number of hydrogen-bond donors (Lipinski definition) is 2. The monoisotopic (exact) mass is 181 g/mol. The molecule has 0 amide bonds. The van der Waals surface area contributed by atoms with Gasteiger partial charge in [-0.2, -0.15) is 0 Å². The van der Waals surface area contributed by atoms with Crippen LogP contribution in [0.5, 0.6) is 0 Å². The quantitative estimate of drug-likeness (QED) is 0.388. The summed E-state index contributed by atoms with van der Waals surface area (Å²) in [5.41, 5.74) is 12.7. The van der Waals surface area contributed by atoms with Crippen LogP contribution in [0.4, 0.5) is 17.1 Å². The Morgan fingerprint density at radius 3 is 2.38 bits per heavy atom. The first-order chi connectivity index (χ1) is 5.95. The zero-order valence-corrected chi connectivity index (χ0v) is 7.50. The topological polar surface area (TPSA) is 95.2 Å². The molecule has 0 unspecified atom stereocenters. The Morgan fingerprint density at radius 1 is 1.38 bits per heavy atom. The molecule has 1 aromatic carbocycles. The van der Waals surface area contributed by atoms with E-state index in [9.17, 15) is 10.1 Å². The van der Waals surface area contributed by atoms with Crippen molar-refractivity contribution < 1.29 is 4.92 Å². The molecule has 5 nitrogen and oxygen atoms in total. The highest BCUT2D eigenvalue weighted by Gasteiger charge is 2.19. The normalized spacial score (nSPS) is 10.0. The summed E-state index contributed by atoms with van der Waals surface area (Å²) in [6.07, 6.45) is 0. The molecule has 0 heterocycles. The number of aryl methyl sites for hydroxylation is 1. The largest absolute Gasteiger partial charge is 0.398 e. The Labute approximate surface area is 75.5 Å². The Hall–Kier alpha value is -1.78. The molecule has 0 atom stereocenters. The first-order valence-electron chi connectivity index (χ1n) is 3.74. The van der Waals surface area contributed by atoms with Crippen molar-refractivity contribution in [3.8, 4) is 0 Å². The molecule has 4 N–H and O–H groups in total. The standard InChI is InChI=1S/C8H11N3O2/c1-4-3-6(9)5(2)8(7(4)10)11(12)13/h3H,9-10H2,1-2H3. The second-order valence-electron chi connectivity index (χ2n) is 2.93. The summed E-state index contributed by atoms with van der Waals surface area (Å²) in [5.74, 6) is 0. The van der Waals surface area contributed by atoms with Crippen LogP contribution < -0.4 is 11.5 Å². The van der Waals surface area contributed by atoms with Crippen LogP contribution in [0.15, 0.2) is 6.07 Å². The Balaban J connectivity index is 3.56. The van der Waals surface area contributed by atoms with E-state index in [4.69, 9.17) is 11.5 Å². The Kier molecular flexibility index (Phi) is 2.10. The van der Waals surface area contributed by atoms with Gasteiger partial charge in [-0.3, -0.25) is 10.1 Å². The third-order valence-corrected chi connectivity index (χ3v) is 2.02. The molecule has 0 saturated heterocycles. The Bertz CT molecular complexity index is 348. The van der Waals surface area contributed by atoms with Crippen molar-refractivity contribution in [1.82, 2.24) is 0 Å². The lowest BCUT2D eigenvalue weighted by molar-refractivity contribution is -0.384. The van der Waals surface area contributed by atoms with Crippen LogP contribution in [0.2, 0.25) is 0 Å². The molecule has 0 aliphatic heterocycles. The average Bonchev–Trinajstić information content (AvgIpc) is 2.01. The Morgan fingerprint density at radius 2 is 1.92 bits per heavy atom. The molecule has 0 aliphatic carbocycles. The second kappa shape index (κ2) is 2.93. The van der Waals surface area contributed by atoms with Crippen LogP contribution in [0.3, 0.4) is 0 Å². The molecule has 0 radical (unpaired) electrons. The number of rotatable bonds is 1. The fraction of sp³-hybridized carbons (Fsp3) is 0.250. The predicted molar refractivity (Wildman–Crippen MR) is 51.4 cm³/mol. The van der Waals surface area contributed by atoms with E-state index in [2.05, 4.69) is 0 Å². The number of nitro groups is 1. The van der Waals surface area contributed by atoms with Crippen molar-refractivity contribution in [2.75, 3.05) is 11.5 Å². The van der Waals surface area contributed by atoms with E-state index in [-0.39, 0.29) is 11.4 Å². The maximum Gasteiger partial charge on any atom is 0.297 e. The van der Waals surface area contributed by atoms with E-state index < -0.39 is 4.92 Å². The minimum atomic E-state index is -0.506. The molecular formula is C8H11N3O2. The molecule has 0 fully saturated rings. The SMILES string of the molecule is Cc1cc(N)c(C)c([N+](=O)[O-])c1N. The summed E-state index contributed by atoms with van der Waals surface area (Å²) in [6.45, 7) is 3.28. The van der Waals surface area contributed by atoms with Crippen LogP contribution in [0.1, 0.15) is 11.1 Å². The fourth-order valence-corrected chi connectivity index (χ4v) is 1.18. The van der Waals surface area contributed by atoms with Gasteiger partial charge in [-0.05, 0) is 25.5 Å². The molecule has 5 heteroatoms.